The van der Waals surface area contributed by atoms with Gasteiger partial charge in [-0.25, -0.2) is 4.79 Å². The second-order valence-corrected chi connectivity index (χ2v) is 27.3. The van der Waals surface area contributed by atoms with E-state index in [1.54, 1.807) is 0 Å². The molecule has 85 heavy (non-hydrogen) atoms. The van der Waals surface area contributed by atoms with Crippen LogP contribution in [0.15, 0.2) is 12.2 Å². The molecular weight excluding hydrogens is 1050 g/mol. The maximum Gasteiger partial charge on any atom is 0.361 e. The molecule has 0 spiro atoms. The van der Waals surface area contributed by atoms with Crippen molar-refractivity contribution in [3.8, 4) is 0 Å². The molecule has 504 valence electrons. The monoisotopic (exact) mass is 1200 g/mol. The molecule has 0 fully saturated rings. The standard InChI is InChI=1S/C76H147NO8/c1-6-8-10-12-14-16-18-20-22-24-26-28-30-32-34-35-36-37-38-39-41-43-45-47-49-51-53-55-57-59-61-63-65-67-74(79)85-72(71-84-76(75(80)81)82-69-68-77(3,4)5)70-83-73(78)66-64-62-60-58-56-54-52-50-48-46-44-42-40-33-31-29-27-25-23-21-19-17-15-13-11-9-7-2/h24,26,72,76H,6-23,25,27-71H2,1-5H3/p+1/b26-24-. The van der Waals surface area contributed by atoms with Crippen molar-refractivity contribution >= 4 is 17.9 Å². The zero-order valence-electron chi connectivity index (χ0n) is 57.8. The van der Waals surface area contributed by atoms with Crippen LogP contribution in [0.1, 0.15) is 399 Å². The number of ether oxygens (including phenoxy) is 4. The summed E-state index contributed by atoms with van der Waals surface area (Å²) in [6, 6.07) is 0. The fraction of sp³-hybridized carbons (Fsp3) is 0.934. The molecule has 0 aromatic rings. The molecule has 9 heteroatoms. The average molecular weight is 1200 g/mol. The first-order chi connectivity index (χ1) is 41.6. The first kappa shape index (κ1) is 83.0. The SMILES string of the molecule is CCCCCCCCCC/C=C\CCCCCCCCCCCCCCCCCCCCCCCC(=O)OC(COC(=O)CCCCCCCCCCCCCCCCCCCCCCCCCCCCC)COC(OCC[N+](C)(C)C)C(=O)O. The Morgan fingerprint density at radius 2 is 0.600 bits per heavy atom. The van der Waals surface area contributed by atoms with E-state index in [2.05, 4.69) is 26.0 Å². The molecule has 0 heterocycles. The maximum atomic E-state index is 13.0. The van der Waals surface area contributed by atoms with E-state index in [-0.39, 0.29) is 38.2 Å². The molecule has 0 radical (unpaired) electrons. The van der Waals surface area contributed by atoms with Crippen molar-refractivity contribution in [2.24, 2.45) is 0 Å². The summed E-state index contributed by atoms with van der Waals surface area (Å²) in [5.74, 6) is -1.97. The Morgan fingerprint density at radius 3 is 0.871 bits per heavy atom. The summed E-state index contributed by atoms with van der Waals surface area (Å²) in [6.45, 7) is 4.97. The van der Waals surface area contributed by atoms with Crippen LogP contribution in [0, 0.1) is 0 Å². The molecule has 1 N–H and O–H groups in total. The third-order valence-corrected chi connectivity index (χ3v) is 17.5. The van der Waals surface area contributed by atoms with Crippen molar-refractivity contribution in [2.75, 3.05) is 47.5 Å². The predicted octanol–water partition coefficient (Wildman–Crippen LogP) is 23.6. The normalized spacial score (nSPS) is 12.6. The van der Waals surface area contributed by atoms with Crippen LogP contribution >= 0.6 is 0 Å². The van der Waals surface area contributed by atoms with Crippen LogP contribution in [0.5, 0.6) is 0 Å². The lowest BCUT2D eigenvalue weighted by Crippen LogP contribution is -2.40. The van der Waals surface area contributed by atoms with E-state index >= 15 is 0 Å². The van der Waals surface area contributed by atoms with E-state index in [1.807, 2.05) is 21.1 Å². The number of quaternary nitrogens is 1. The van der Waals surface area contributed by atoms with Gasteiger partial charge in [-0.3, -0.25) is 9.59 Å². The molecular formula is C76H148NO8+. The number of aliphatic carboxylic acids is 1. The molecule has 0 aliphatic carbocycles. The topological polar surface area (TPSA) is 108 Å². The van der Waals surface area contributed by atoms with Crippen LogP contribution in [0.25, 0.3) is 0 Å². The lowest BCUT2D eigenvalue weighted by atomic mass is 10.0. The summed E-state index contributed by atoms with van der Waals surface area (Å²) in [4.78, 5) is 37.7. The average Bonchev–Trinajstić information content (AvgIpc) is 3.49. The molecule has 0 amide bonds. The second-order valence-electron chi connectivity index (χ2n) is 27.3. The number of hydrogen-bond acceptors (Lipinski definition) is 7. The number of esters is 2. The number of carbonyl (C=O) groups excluding carboxylic acids is 2. The van der Waals surface area contributed by atoms with E-state index in [9.17, 15) is 19.5 Å². The zero-order valence-corrected chi connectivity index (χ0v) is 57.8. The number of likely N-dealkylation sites (N-methyl/N-ethyl adjacent to an activating group) is 1. The van der Waals surface area contributed by atoms with E-state index in [4.69, 9.17) is 18.9 Å². The number of nitrogens with zero attached hydrogens (tertiary/aromatic N) is 1. The van der Waals surface area contributed by atoms with Gasteiger partial charge in [0.25, 0.3) is 6.29 Å². The van der Waals surface area contributed by atoms with Gasteiger partial charge in [0, 0.05) is 12.8 Å². The van der Waals surface area contributed by atoms with Gasteiger partial charge in [0.1, 0.15) is 13.2 Å². The van der Waals surface area contributed by atoms with Crippen LogP contribution in [0.3, 0.4) is 0 Å². The Hall–Kier alpha value is -1.97. The van der Waals surface area contributed by atoms with Crippen LogP contribution < -0.4 is 0 Å². The second kappa shape index (κ2) is 68.0. The minimum absolute atomic E-state index is 0.173. The minimum Gasteiger partial charge on any atom is -0.477 e. The van der Waals surface area contributed by atoms with Gasteiger partial charge >= 0.3 is 17.9 Å². The van der Waals surface area contributed by atoms with Gasteiger partial charge in [0.05, 0.1) is 34.4 Å². The van der Waals surface area contributed by atoms with Crippen molar-refractivity contribution in [2.45, 2.75) is 411 Å². The molecule has 0 saturated carbocycles. The third kappa shape index (κ3) is 69.4. The molecule has 0 aliphatic rings. The van der Waals surface area contributed by atoms with Gasteiger partial charge in [0.2, 0.25) is 0 Å². The van der Waals surface area contributed by atoms with E-state index in [1.165, 1.54) is 334 Å². The van der Waals surface area contributed by atoms with Crippen LogP contribution in [0.4, 0.5) is 0 Å². The van der Waals surface area contributed by atoms with E-state index < -0.39 is 18.4 Å². The van der Waals surface area contributed by atoms with Gasteiger partial charge in [-0.2, -0.15) is 0 Å². The Balaban J connectivity index is 4.00. The molecule has 0 rings (SSSR count). The summed E-state index contributed by atoms with van der Waals surface area (Å²) >= 11 is 0. The largest absolute Gasteiger partial charge is 0.477 e. The summed E-state index contributed by atoms with van der Waals surface area (Å²) in [5.41, 5.74) is 0. The molecule has 0 saturated heterocycles. The number of carbonyl (C=O) groups is 3. The third-order valence-electron chi connectivity index (χ3n) is 17.5. The van der Waals surface area contributed by atoms with Gasteiger partial charge in [-0.05, 0) is 38.5 Å². The van der Waals surface area contributed by atoms with E-state index in [0.29, 0.717) is 17.4 Å². The lowest BCUT2D eigenvalue weighted by Gasteiger charge is -2.25. The highest BCUT2D eigenvalue weighted by molar-refractivity contribution is 5.71. The van der Waals surface area contributed by atoms with Crippen LogP contribution in [0.2, 0.25) is 0 Å². The van der Waals surface area contributed by atoms with Gasteiger partial charge in [-0.1, -0.05) is 360 Å². The van der Waals surface area contributed by atoms with Gasteiger partial charge in [0.15, 0.2) is 6.10 Å². The quantitative estimate of drug-likeness (QED) is 0.0211. The van der Waals surface area contributed by atoms with Gasteiger partial charge in [-0.15, -0.1) is 0 Å². The fourth-order valence-electron chi connectivity index (χ4n) is 11.7. The van der Waals surface area contributed by atoms with Gasteiger partial charge < -0.3 is 28.5 Å². The van der Waals surface area contributed by atoms with Crippen LogP contribution in [-0.4, -0.2) is 87.4 Å². The van der Waals surface area contributed by atoms with Crippen molar-refractivity contribution in [3.05, 3.63) is 12.2 Å². The smallest absolute Gasteiger partial charge is 0.361 e. The van der Waals surface area contributed by atoms with Crippen molar-refractivity contribution in [1.29, 1.82) is 0 Å². The Morgan fingerprint density at radius 1 is 0.341 bits per heavy atom. The first-order valence-electron chi connectivity index (χ1n) is 37.9. The molecule has 0 aliphatic heterocycles. The summed E-state index contributed by atoms with van der Waals surface area (Å²) in [5, 5.41) is 9.76. The van der Waals surface area contributed by atoms with Crippen LogP contribution in [-0.2, 0) is 33.3 Å². The lowest BCUT2D eigenvalue weighted by molar-refractivity contribution is -0.870. The highest BCUT2D eigenvalue weighted by Gasteiger charge is 2.25. The highest BCUT2D eigenvalue weighted by atomic mass is 16.7. The molecule has 9 nitrogen and oxygen atoms in total. The fourth-order valence-corrected chi connectivity index (χ4v) is 11.7. The molecule has 2 unspecified atom stereocenters. The number of carboxylic acids is 1. The van der Waals surface area contributed by atoms with Crippen molar-refractivity contribution < 1.29 is 42.9 Å². The van der Waals surface area contributed by atoms with E-state index in [0.717, 1.165) is 38.5 Å². The van der Waals surface area contributed by atoms with Crippen molar-refractivity contribution in [1.82, 2.24) is 0 Å². The Labute approximate surface area is 529 Å². The first-order valence-corrected chi connectivity index (χ1v) is 37.9. The zero-order chi connectivity index (χ0) is 61.9. The Bertz CT molecular complexity index is 1400. The minimum atomic E-state index is -1.51. The molecule has 0 aromatic carbocycles. The maximum absolute atomic E-state index is 13.0. The number of rotatable bonds is 72. The van der Waals surface area contributed by atoms with Crippen molar-refractivity contribution in [3.63, 3.8) is 0 Å². The molecule has 2 atom stereocenters. The predicted molar refractivity (Wildman–Crippen MR) is 365 cm³/mol. The summed E-state index contributed by atoms with van der Waals surface area (Å²) < 4.78 is 23.0. The highest BCUT2D eigenvalue weighted by Crippen LogP contribution is 2.20. The summed E-state index contributed by atoms with van der Waals surface area (Å²) in [6.07, 6.45) is 80.7. The summed E-state index contributed by atoms with van der Waals surface area (Å²) in [7, 11) is 6.00. The molecule has 0 aromatic heterocycles. The number of carboxylic acid groups (broad SMARTS) is 1. The Kier molecular flexibility index (Phi) is 66.4. The number of allylic oxidation sites excluding steroid dienone is 2. The molecule has 0 bridgehead atoms. The number of hydrogen-bond donors (Lipinski definition) is 1. The number of unbranched alkanes of at least 4 members (excludes halogenated alkanes) is 55.